The Morgan fingerprint density at radius 3 is 1.90 bits per heavy atom. The molecule has 0 aromatic heterocycles. The first-order valence-corrected chi connectivity index (χ1v) is 15.7. The third kappa shape index (κ3) is 8.48. The van der Waals surface area contributed by atoms with Crippen molar-refractivity contribution in [3.05, 3.63) is 136 Å². The molecule has 0 aliphatic carbocycles. The molecule has 0 atom stereocenters. The fourth-order valence-electron chi connectivity index (χ4n) is 4.34. The standard InChI is InChI=1S/C35H31ClO4S2/c1-4-33(40-24(3)37)32(21-22-41-28-19-13-27(36)14-20-28)35(39)26-11-17-30(18-12-26)42-29-15-9-25(10-16-29)34(38)31-8-6-5-7-23(31)2/h5-20H,4,21-22H2,1-3H3. The Labute approximate surface area is 260 Å². The van der Waals surface area contributed by atoms with Crippen molar-refractivity contribution in [3.63, 3.8) is 0 Å². The van der Waals surface area contributed by atoms with Crippen molar-refractivity contribution in [2.75, 3.05) is 5.75 Å². The lowest BCUT2D eigenvalue weighted by atomic mass is 9.99. The van der Waals surface area contributed by atoms with E-state index in [1.165, 1.54) is 6.92 Å². The van der Waals surface area contributed by atoms with Gasteiger partial charge in [-0.05, 0) is 91.7 Å². The summed E-state index contributed by atoms with van der Waals surface area (Å²) in [6, 6.07) is 30.1. The molecule has 214 valence electrons. The summed E-state index contributed by atoms with van der Waals surface area (Å²) >= 11 is 9.15. The Morgan fingerprint density at radius 2 is 1.33 bits per heavy atom. The summed E-state index contributed by atoms with van der Waals surface area (Å²) < 4.78 is 5.45. The number of ketones is 2. The number of rotatable bonds is 12. The van der Waals surface area contributed by atoms with E-state index in [0.717, 1.165) is 20.2 Å². The van der Waals surface area contributed by atoms with Gasteiger partial charge in [-0.15, -0.1) is 11.8 Å². The fraction of sp³-hybridized carbons (Fsp3) is 0.171. The Morgan fingerprint density at radius 1 is 0.762 bits per heavy atom. The fourth-order valence-corrected chi connectivity index (χ4v) is 6.16. The van der Waals surface area contributed by atoms with Gasteiger partial charge in [0.2, 0.25) is 0 Å². The van der Waals surface area contributed by atoms with Crippen LogP contribution in [0.1, 0.15) is 58.5 Å². The summed E-state index contributed by atoms with van der Waals surface area (Å²) in [5.41, 5.74) is 3.33. The minimum Gasteiger partial charge on any atom is -0.431 e. The minimum absolute atomic E-state index is 0.00291. The van der Waals surface area contributed by atoms with Gasteiger partial charge in [-0.2, -0.15) is 0 Å². The molecule has 0 saturated heterocycles. The Bertz CT molecular complexity index is 1590. The third-order valence-corrected chi connectivity index (χ3v) is 8.77. The van der Waals surface area contributed by atoms with Crippen LogP contribution in [0.2, 0.25) is 5.02 Å². The lowest BCUT2D eigenvalue weighted by Gasteiger charge is -2.14. The first-order chi connectivity index (χ1) is 20.2. The van der Waals surface area contributed by atoms with Crippen LogP contribution in [0.15, 0.2) is 123 Å². The molecule has 0 fully saturated rings. The number of ether oxygens (including phenoxy) is 1. The van der Waals surface area contributed by atoms with E-state index in [9.17, 15) is 14.4 Å². The average molecular weight is 615 g/mol. The maximum Gasteiger partial charge on any atom is 0.307 e. The minimum atomic E-state index is -0.444. The zero-order chi connectivity index (χ0) is 30.1. The Hall–Kier alpha value is -3.58. The first-order valence-electron chi connectivity index (χ1n) is 13.6. The van der Waals surface area contributed by atoms with Gasteiger partial charge in [-0.25, -0.2) is 0 Å². The molecule has 0 amide bonds. The summed E-state index contributed by atoms with van der Waals surface area (Å²) in [4.78, 5) is 41.3. The number of esters is 1. The van der Waals surface area contributed by atoms with E-state index in [2.05, 4.69) is 0 Å². The summed E-state index contributed by atoms with van der Waals surface area (Å²) in [5, 5.41) is 0.671. The van der Waals surface area contributed by atoms with Crippen molar-refractivity contribution >= 4 is 52.7 Å². The predicted octanol–water partition coefficient (Wildman–Crippen LogP) is 9.62. The van der Waals surface area contributed by atoms with E-state index in [1.807, 2.05) is 98.8 Å². The van der Waals surface area contributed by atoms with Gasteiger partial charge in [0.15, 0.2) is 11.6 Å². The van der Waals surface area contributed by atoms with Crippen LogP contribution in [0.25, 0.3) is 0 Å². The maximum atomic E-state index is 13.6. The summed E-state index contributed by atoms with van der Waals surface area (Å²) in [7, 11) is 0. The number of carbonyl (C=O) groups excluding carboxylic acids is 3. The number of halogens is 1. The number of allylic oxidation sites excluding steroid dienone is 2. The quantitative estimate of drug-likeness (QED) is 0.0520. The molecule has 0 aliphatic heterocycles. The molecule has 0 aliphatic rings. The highest BCUT2D eigenvalue weighted by atomic mass is 35.5. The van der Waals surface area contributed by atoms with Gasteiger partial charge in [0.1, 0.15) is 5.76 Å². The average Bonchev–Trinajstić information content (AvgIpc) is 2.99. The second-order valence-electron chi connectivity index (χ2n) is 9.53. The molecule has 7 heteroatoms. The molecule has 4 nitrogen and oxygen atoms in total. The van der Waals surface area contributed by atoms with E-state index in [-0.39, 0.29) is 11.6 Å². The van der Waals surface area contributed by atoms with Crippen molar-refractivity contribution < 1.29 is 19.1 Å². The molecule has 4 rings (SSSR count). The summed E-state index contributed by atoms with van der Waals surface area (Å²) in [6.07, 6.45) is 0.884. The zero-order valence-corrected chi connectivity index (χ0v) is 26.1. The van der Waals surface area contributed by atoms with Gasteiger partial charge < -0.3 is 4.74 Å². The first kappa shape index (κ1) is 31.4. The highest BCUT2D eigenvalue weighted by molar-refractivity contribution is 7.99. The predicted molar refractivity (Wildman–Crippen MR) is 172 cm³/mol. The molecule has 0 N–H and O–H groups in total. The van der Waals surface area contributed by atoms with Gasteiger partial charge in [0.05, 0.1) is 0 Å². The molecule has 0 saturated carbocycles. The van der Waals surface area contributed by atoms with E-state index in [4.69, 9.17) is 16.3 Å². The molecule has 0 bridgehead atoms. The van der Waals surface area contributed by atoms with Crippen LogP contribution < -0.4 is 0 Å². The number of carbonyl (C=O) groups is 3. The van der Waals surface area contributed by atoms with Gasteiger partial charge in [-0.3, -0.25) is 14.4 Å². The molecular formula is C35H31ClO4S2. The maximum absolute atomic E-state index is 13.6. The van der Waals surface area contributed by atoms with Crippen LogP contribution in [0.4, 0.5) is 0 Å². The monoisotopic (exact) mass is 614 g/mol. The normalized spacial score (nSPS) is 11.5. The second kappa shape index (κ2) is 15.1. The lowest BCUT2D eigenvalue weighted by molar-refractivity contribution is -0.137. The third-order valence-electron chi connectivity index (χ3n) is 6.49. The van der Waals surface area contributed by atoms with Crippen molar-refractivity contribution in [2.24, 2.45) is 0 Å². The van der Waals surface area contributed by atoms with Crippen LogP contribution in [0.5, 0.6) is 0 Å². The van der Waals surface area contributed by atoms with Crippen molar-refractivity contribution in [2.45, 2.75) is 48.3 Å². The van der Waals surface area contributed by atoms with Crippen molar-refractivity contribution in [1.29, 1.82) is 0 Å². The van der Waals surface area contributed by atoms with E-state index >= 15 is 0 Å². The zero-order valence-electron chi connectivity index (χ0n) is 23.7. The molecule has 0 heterocycles. The number of thioether (sulfide) groups is 1. The largest absolute Gasteiger partial charge is 0.431 e. The molecule has 0 spiro atoms. The summed E-state index contributed by atoms with van der Waals surface area (Å²) in [6.45, 7) is 5.15. The van der Waals surface area contributed by atoms with Gasteiger partial charge >= 0.3 is 5.97 Å². The number of aryl methyl sites for hydroxylation is 1. The number of hydrogen-bond acceptors (Lipinski definition) is 6. The van der Waals surface area contributed by atoms with Crippen LogP contribution >= 0.6 is 35.1 Å². The van der Waals surface area contributed by atoms with Gasteiger partial charge in [-0.1, -0.05) is 54.6 Å². The number of Topliss-reactive ketones (excluding diaryl/α,β-unsaturated/α-hetero) is 1. The van der Waals surface area contributed by atoms with Crippen LogP contribution in [0.3, 0.4) is 0 Å². The van der Waals surface area contributed by atoms with E-state index in [1.54, 1.807) is 35.7 Å². The molecular weight excluding hydrogens is 584 g/mol. The molecule has 0 unspecified atom stereocenters. The van der Waals surface area contributed by atoms with Crippen molar-refractivity contribution in [3.8, 4) is 0 Å². The molecule has 0 radical (unpaired) electrons. The number of hydrogen-bond donors (Lipinski definition) is 0. The highest BCUT2D eigenvalue weighted by Crippen LogP contribution is 2.30. The topological polar surface area (TPSA) is 60.4 Å². The highest BCUT2D eigenvalue weighted by Gasteiger charge is 2.19. The van der Waals surface area contributed by atoms with Gasteiger partial charge in [0, 0.05) is 61.1 Å². The van der Waals surface area contributed by atoms with Crippen LogP contribution in [-0.4, -0.2) is 23.3 Å². The number of benzene rings is 4. The molecule has 4 aromatic rings. The summed E-state index contributed by atoms with van der Waals surface area (Å²) in [5.74, 6) is 0.455. The molecule has 42 heavy (non-hydrogen) atoms. The lowest BCUT2D eigenvalue weighted by Crippen LogP contribution is -2.11. The second-order valence-corrected chi connectivity index (χ2v) is 12.3. The Balaban J connectivity index is 1.45. The van der Waals surface area contributed by atoms with Crippen LogP contribution in [-0.2, 0) is 9.53 Å². The van der Waals surface area contributed by atoms with Crippen LogP contribution in [0, 0.1) is 6.92 Å². The van der Waals surface area contributed by atoms with Crippen molar-refractivity contribution in [1.82, 2.24) is 0 Å². The van der Waals surface area contributed by atoms with E-state index in [0.29, 0.717) is 51.6 Å². The molecule has 4 aromatic carbocycles. The smallest absolute Gasteiger partial charge is 0.307 e. The van der Waals surface area contributed by atoms with E-state index < -0.39 is 5.97 Å². The SMILES string of the molecule is CCC(OC(C)=O)=C(CCSc1ccc(Cl)cc1)C(=O)c1ccc(Sc2ccc(C(=O)c3ccccc3C)cc2)cc1. The Kier molecular flexibility index (Phi) is 11.2. The van der Waals surface area contributed by atoms with Gasteiger partial charge in [0.25, 0.3) is 0 Å².